The van der Waals surface area contributed by atoms with Gasteiger partial charge in [0.1, 0.15) is 5.78 Å². The maximum absolute atomic E-state index is 12.7. The molecule has 0 heterocycles. The molecule has 0 saturated heterocycles. The Morgan fingerprint density at radius 1 is 1.04 bits per heavy atom. The van der Waals surface area contributed by atoms with E-state index >= 15 is 0 Å². The molecule has 2 N–H and O–H groups in total. The molecular formula is C21H34O3. The topological polar surface area (TPSA) is 57.5 Å². The molecule has 4 aliphatic rings. The van der Waals surface area contributed by atoms with Crippen LogP contribution in [0.4, 0.5) is 0 Å². The van der Waals surface area contributed by atoms with Crippen LogP contribution >= 0.6 is 0 Å². The summed E-state index contributed by atoms with van der Waals surface area (Å²) in [6.07, 6.45) is 7.90. The summed E-state index contributed by atoms with van der Waals surface area (Å²) in [5, 5.41) is 20.3. The third-order valence-electron chi connectivity index (χ3n) is 9.04. The number of hydrogen-bond acceptors (Lipinski definition) is 3. The molecule has 0 aromatic rings. The summed E-state index contributed by atoms with van der Waals surface area (Å²) in [7, 11) is 0. The first-order valence-electron chi connectivity index (χ1n) is 10.2. The number of hydrogen-bond donors (Lipinski definition) is 2. The Balaban J connectivity index is 1.64. The van der Waals surface area contributed by atoms with Crippen LogP contribution < -0.4 is 0 Å². The van der Waals surface area contributed by atoms with E-state index < -0.39 is 6.10 Å². The van der Waals surface area contributed by atoms with Crippen LogP contribution in [0.25, 0.3) is 0 Å². The normalized spacial score (nSPS) is 55.5. The fourth-order valence-electron chi connectivity index (χ4n) is 7.89. The number of rotatable bonds is 1. The summed E-state index contributed by atoms with van der Waals surface area (Å²) in [6.45, 7) is 6.57. The second kappa shape index (κ2) is 5.54. The Labute approximate surface area is 146 Å². The molecule has 4 rings (SSSR count). The summed E-state index contributed by atoms with van der Waals surface area (Å²) in [6, 6.07) is 0. The van der Waals surface area contributed by atoms with Crippen molar-refractivity contribution < 1.29 is 15.0 Å². The number of fused-ring (bicyclic) bond motifs is 5. The lowest BCUT2D eigenvalue weighted by molar-refractivity contribution is -0.136. The van der Waals surface area contributed by atoms with Gasteiger partial charge in [-0.2, -0.15) is 0 Å². The Hall–Kier alpha value is -0.410. The van der Waals surface area contributed by atoms with Crippen molar-refractivity contribution in [2.24, 2.45) is 40.4 Å². The molecule has 4 fully saturated rings. The third-order valence-corrected chi connectivity index (χ3v) is 9.04. The van der Waals surface area contributed by atoms with Gasteiger partial charge in [-0.05, 0) is 86.4 Å². The largest absolute Gasteiger partial charge is 0.393 e. The number of aliphatic hydroxyl groups excluding tert-OH is 2. The first kappa shape index (κ1) is 17.0. The van der Waals surface area contributed by atoms with Gasteiger partial charge in [-0.1, -0.05) is 13.8 Å². The van der Waals surface area contributed by atoms with Crippen molar-refractivity contribution in [3.05, 3.63) is 0 Å². The van der Waals surface area contributed by atoms with E-state index in [2.05, 4.69) is 13.8 Å². The van der Waals surface area contributed by atoms with Gasteiger partial charge in [0.15, 0.2) is 0 Å². The molecule has 136 valence electrons. The highest BCUT2D eigenvalue weighted by molar-refractivity contribution is 5.85. The first-order valence-corrected chi connectivity index (χ1v) is 10.2. The van der Waals surface area contributed by atoms with Crippen LogP contribution in [0.1, 0.15) is 72.1 Å². The average molecular weight is 335 g/mol. The van der Waals surface area contributed by atoms with Crippen LogP contribution in [-0.4, -0.2) is 28.2 Å². The second-order valence-electron chi connectivity index (χ2n) is 10.0. The highest BCUT2D eigenvalue weighted by Gasteiger charge is 2.62. The molecule has 0 amide bonds. The van der Waals surface area contributed by atoms with Crippen LogP contribution in [-0.2, 0) is 4.79 Å². The van der Waals surface area contributed by atoms with Gasteiger partial charge in [0, 0.05) is 12.3 Å². The third kappa shape index (κ3) is 2.19. The molecule has 9 atom stereocenters. The lowest BCUT2D eigenvalue weighted by Crippen LogP contribution is -2.54. The Morgan fingerprint density at radius 2 is 1.75 bits per heavy atom. The lowest BCUT2D eigenvalue weighted by atomic mass is 9.44. The predicted molar refractivity (Wildman–Crippen MR) is 93.3 cm³/mol. The minimum atomic E-state index is -0.513. The molecule has 0 radical (unpaired) electrons. The Bertz CT molecular complexity index is 529. The van der Waals surface area contributed by atoms with Crippen molar-refractivity contribution in [3.8, 4) is 0 Å². The minimum absolute atomic E-state index is 0.00376. The molecule has 0 aromatic heterocycles. The number of ketones is 1. The van der Waals surface area contributed by atoms with Gasteiger partial charge in [0.25, 0.3) is 0 Å². The van der Waals surface area contributed by atoms with Gasteiger partial charge in [-0.3, -0.25) is 4.79 Å². The number of carbonyl (C=O) groups excluding carboxylic acids is 1. The summed E-state index contributed by atoms with van der Waals surface area (Å²) in [5.74, 6) is 2.64. The van der Waals surface area contributed by atoms with E-state index in [0.29, 0.717) is 41.3 Å². The molecule has 0 spiro atoms. The highest BCUT2D eigenvalue weighted by Crippen LogP contribution is 2.67. The molecular weight excluding hydrogens is 300 g/mol. The zero-order valence-electron chi connectivity index (χ0n) is 15.5. The van der Waals surface area contributed by atoms with Crippen molar-refractivity contribution in [2.75, 3.05) is 0 Å². The highest BCUT2D eigenvalue weighted by atomic mass is 16.3. The fourth-order valence-corrected chi connectivity index (χ4v) is 7.89. The van der Waals surface area contributed by atoms with E-state index in [1.54, 1.807) is 0 Å². The van der Waals surface area contributed by atoms with Gasteiger partial charge in [-0.25, -0.2) is 0 Å². The first-order chi connectivity index (χ1) is 11.3. The predicted octanol–water partition coefficient (Wildman–Crippen LogP) is 3.57. The summed E-state index contributed by atoms with van der Waals surface area (Å²) in [4.78, 5) is 12.7. The molecule has 3 heteroatoms. The van der Waals surface area contributed by atoms with Crippen LogP contribution in [0, 0.1) is 40.4 Å². The molecule has 24 heavy (non-hydrogen) atoms. The van der Waals surface area contributed by atoms with Crippen molar-refractivity contribution in [2.45, 2.75) is 84.3 Å². The Morgan fingerprint density at radius 3 is 2.46 bits per heavy atom. The van der Waals surface area contributed by atoms with E-state index in [1.807, 2.05) is 6.92 Å². The summed E-state index contributed by atoms with van der Waals surface area (Å²) < 4.78 is 0. The van der Waals surface area contributed by atoms with Crippen molar-refractivity contribution in [1.29, 1.82) is 0 Å². The van der Waals surface area contributed by atoms with E-state index in [9.17, 15) is 15.0 Å². The van der Waals surface area contributed by atoms with Crippen LogP contribution in [0.5, 0.6) is 0 Å². The molecule has 0 aromatic carbocycles. The van der Waals surface area contributed by atoms with Crippen LogP contribution in [0.15, 0.2) is 0 Å². The zero-order chi connectivity index (χ0) is 17.3. The summed E-state index contributed by atoms with van der Waals surface area (Å²) in [5.41, 5.74) is 0.360. The number of aliphatic hydroxyl groups is 2. The maximum atomic E-state index is 12.7. The van der Waals surface area contributed by atoms with Gasteiger partial charge in [0.2, 0.25) is 0 Å². The molecule has 4 aliphatic carbocycles. The second-order valence-corrected chi connectivity index (χ2v) is 10.0. The number of carbonyl (C=O) groups is 1. The smallest absolute Gasteiger partial charge is 0.139 e. The van der Waals surface area contributed by atoms with E-state index in [4.69, 9.17) is 0 Å². The summed E-state index contributed by atoms with van der Waals surface area (Å²) >= 11 is 0. The van der Waals surface area contributed by atoms with E-state index in [0.717, 1.165) is 25.7 Å². The van der Waals surface area contributed by atoms with E-state index in [1.165, 1.54) is 19.3 Å². The molecule has 0 aliphatic heterocycles. The standard InChI is InChI=1S/C21H34O3/c1-12(22)19-18(24)11-17-15-5-4-13-10-14(23)6-8-20(13,2)16(15)7-9-21(17,19)3/h12-17,19,22-23H,4-11H2,1-3H3/t12-,13-,14+,15+,16-,17-,19-,20-,21-/m0/s1. The van der Waals surface area contributed by atoms with E-state index in [-0.39, 0.29) is 17.4 Å². The van der Waals surface area contributed by atoms with Crippen LogP contribution in [0.2, 0.25) is 0 Å². The average Bonchev–Trinajstić information content (AvgIpc) is 2.78. The SMILES string of the molecule is C[C@H](O)[C@H]1C(=O)C[C@H]2[C@@H]3CC[C@H]4C[C@H](O)CC[C@]4(C)[C@H]3CC[C@]12C. The van der Waals surface area contributed by atoms with Gasteiger partial charge < -0.3 is 10.2 Å². The molecule has 0 bridgehead atoms. The molecule has 4 saturated carbocycles. The fraction of sp³-hybridized carbons (Fsp3) is 0.952. The number of Topliss-reactive ketones (excluding diaryl/α,β-unsaturated/α-hetero) is 1. The van der Waals surface area contributed by atoms with Gasteiger partial charge >= 0.3 is 0 Å². The van der Waals surface area contributed by atoms with Gasteiger partial charge in [0.05, 0.1) is 12.2 Å². The maximum Gasteiger partial charge on any atom is 0.139 e. The van der Waals surface area contributed by atoms with Gasteiger partial charge in [-0.15, -0.1) is 0 Å². The monoisotopic (exact) mass is 334 g/mol. The zero-order valence-corrected chi connectivity index (χ0v) is 15.5. The van der Waals surface area contributed by atoms with Crippen molar-refractivity contribution in [1.82, 2.24) is 0 Å². The van der Waals surface area contributed by atoms with Crippen LogP contribution in [0.3, 0.4) is 0 Å². The molecule has 3 nitrogen and oxygen atoms in total. The van der Waals surface area contributed by atoms with Crippen molar-refractivity contribution >= 4 is 5.78 Å². The molecule has 0 unspecified atom stereocenters. The quantitative estimate of drug-likeness (QED) is 0.771. The Kier molecular flexibility index (Phi) is 3.93. The lowest BCUT2D eigenvalue weighted by Gasteiger charge is -2.60. The van der Waals surface area contributed by atoms with Crippen molar-refractivity contribution in [3.63, 3.8) is 0 Å². The minimum Gasteiger partial charge on any atom is -0.393 e.